The maximum absolute atomic E-state index is 6.24. The van der Waals surface area contributed by atoms with Crippen molar-refractivity contribution in [3.05, 3.63) is 0 Å². The second kappa shape index (κ2) is 5.01. The molecule has 1 unspecified atom stereocenters. The van der Waals surface area contributed by atoms with Gasteiger partial charge in [-0.1, -0.05) is 20.3 Å². The molecule has 2 rings (SSSR count). The number of hydrogen-bond acceptors (Lipinski definition) is 3. The van der Waals surface area contributed by atoms with Crippen LogP contribution >= 0.6 is 0 Å². The summed E-state index contributed by atoms with van der Waals surface area (Å²) in [4.78, 5) is 5.32. The standard InChI is InChI=1S/C16H33N3/c1-14(2,3)18-9-11-19(12-10-18)16(13-17)8-6-7-15(16,4)5/h6-13,17H2,1-5H3. The molecule has 0 bridgehead atoms. The molecule has 0 aromatic heterocycles. The Hall–Kier alpha value is -0.120. The van der Waals surface area contributed by atoms with Gasteiger partial charge >= 0.3 is 0 Å². The molecule has 3 nitrogen and oxygen atoms in total. The van der Waals surface area contributed by atoms with Crippen molar-refractivity contribution >= 4 is 0 Å². The summed E-state index contributed by atoms with van der Waals surface area (Å²) in [5, 5.41) is 0. The van der Waals surface area contributed by atoms with Crippen molar-refractivity contribution in [2.75, 3.05) is 32.7 Å². The lowest BCUT2D eigenvalue weighted by atomic mass is 9.73. The number of piperazine rings is 1. The van der Waals surface area contributed by atoms with Crippen LogP contribution in [0.15, 0.2) is 0 Å². The number of rotatable bonds is 2. The van der Waals surface area contributed by atoms with E-state index in [-0.39, 0.29) is 5.54 Å². The van der Waals surface area contributed by atoms with E-state index in [1.807, 2.05) is 0 Å². The van der Waals surface area contributed by atoms with Gasteiger partial charge in [0.1, 0.15) is 0 Å². The van der Waals surface area contributed by atoms with Crippen LogP contribution in [0.1, 0.15) is 53.9 Å². The van der Waals surface area contributed by atoms with Gasteiger partial charge in [0.2, 0.25) is 0 Å². The van der Waals surface area contributed by atoms with Crippen LogP contribution in [-0.4, -0.2) is 53.6 Å². The van der Waals surface area contributed by atoms with Gasteiger partial charge in [0, 0.05) is 43.8 Å². The van der Waals surface area contributed by atoms with Gasteiger partial charge in [-0.25, -0.2) is 0 Å². The summed E-state index contributed by atoms with van der Waals surface area (Å²) in [7, 11) is 0. The van der Waals surface area contributed by atoms with Gasteiger partial charge in [-0.2, -0.15) is 0 Å². The molecule has 2 fully saturated rings. The number of hydrogen-bond donors (Lipinski definition) is 1. The molecule has 1 atom stereocenters. The minimum Gasteiger partial charge on any atom is -0.329 e. The maximum atomic E-state index is 6.24. The monoisotopic (exact) mass is 267 g/mol. The van der Waals surface area contributed by atoms with Gasteiger partial charge in [0.15, 0.2) is 0 Å². The third-order valence-electron chi connectivity index (χ3n) is 5.82. The molecule has 3 heteroatoms. The fraction of sp³-hybridized carbons (Fsp3) is 1.00. The third-order valence-corrected chi connectivity index (χ3v) is 5.82. The van der Waals surface area contributed by atoms with Crippen molar-refractivity contribution in [3.8, 4) is 0 Å². The average molecular weight is 267 g/mol. The SMILES string of the molecule is CC(C)(C)N1CCN(C2(CN)CCCC2(C)C)CC1. The normalized spacial score (nSPS) is 33.8. The average Bonchev–Trinajstić information content (AvgIpc) is 2.64. The highest BCUT2D eigenvalue weighted by Crippen LogP contribution is 2.49. The molecular formula is C16H33N3. The van der Waals surface area contributed by atoms with Crippen molar-refractivity contribution in [3.63, 3.8) is 0 Å². The Kier molecular flexibility index (Phi) is 4.03. The van der Waals surface area contributed by atoms with E-state index in [1.54, 1.807) is 0 Å². The Morgan fingerprint density at radius 3 is 1.95 bits per heavy atom. The minimum absolute atomic E-state index is 0.247. The van der Waals surface area contributed by atoms with Gasteiger partial charge in [0.05, 0.1) is 0 Å². The zero-order valence-electron chi connectivity index (χ0n) is 13.6. The molecule has 2 N–H and O–H groups in total. The highest BCUT2D eigenvalue weighted by atomic mass is 15.3. The summed E-state index contributed by atoms with van der Waals surface area (Å²) < 4.78 is 0. The first-order chi connectivity index (χ1) is 8.73. The summed E-state index contributed by atoms with van der Waals surface area (Å²) in [5.41, 5.74) is 7.15. The Morgan fingerprint density at radius 1 is 1.00 bits per heavy atom. The summed E-state index contributed by atoms with van der Waals surface area (Å²) in [6.45, 7) is 17.3. The van der Waals surface area contributed by atoms with E-state index in [4.69, 9.17) is 5.73 Å². The summed E-state index contributed by atoms with van der Waals surface area (Å²) in [5.74, 6) is 0. The van der Waals surface area contributed by atoms with E-state index < -0.39 is 0 Å². The van der Waals surface area contributed by atoms with E-state index in [9.17, 15) is 0 Å². The first-order valence-electron chi connectivity index (χ1n) is 7.93. The molecule has 1 saturated heterocycles. The fourth-order valence-electron chi connectivity index (χ4n) is 4.29. The van der Waals surface area contributed by atoms with Crippen molar-refractivity contribution in [1.29, 1.82) is 0 Å². The second-order valence-electron chi connectivity index (χ2n) is 8.12. The van der Waals surface area contributed by atoms with Crippen LogP contribution in [0.25, 0.3) is 0 Å². The summed E-state index contributed by atoms with van der Waals surface area (Å²) in [6.07, 6.45) is 3.94. The molecule has 112 valence electrons. The second-order valence-corrected chi connectivity index (χ2v) is 8.12. The highest BCUT2D eigenvalue weighted by Gasteiger charge is 2.52. The van der Waals surface area contributed by atoms with Crippen LogP contribution in [0.5, 0.6) is 0 Å². The Balaban J connectivity index is 2.08. The lowest BCUT2D eigenvalue weighted by molar-refractivity contribution is -0.0372. The van der Waals surface area contributed by atoms with Gasteiger partial charge in [-0.05, 0) is 39.0 Å². The molecule has 0 aromatic rings. The van der Waals surface area contributed by atoms with Crippen molar-refractivity contribution in [2.24, 2.45) is 11.1 Å². The molecule has 1 aliphatic carbocycles. The molecule has 0 aromatic carbocycles. The quantitative estimate of drug-likeness (QED) is 0.833. The van der Waals surface area contributed by atoms with E-state index in [2.05, 4.69) is 44.4 Å². The molecule has 19 heavy (non-hydrogen) atoms. The highest BCUT2D eigenvalue weighted by molar-refractivity contribution is 5.08. The van der Waals surface area contributed by atoms with Crippen molar-refractivity contribution in [2.45, 2.75) is 65.0 Å². The zero-order chi connectivity index (χ0) is 14.3. The molecule has 1 aliphatic heterocycles. The van der Waals surface area contributed by atoms with Gasteiger partial charge in [0.25, 0.3) is 0 Å². The van der Waals surface area contributed by atoms with Crippen LogP contribution in [0, 0.1) is 5.41 Å². The Morgan fingerprint density at radius 2 is 1.58 bits per heavy atom. The van der Waals surface area contributed by atoms with Crippen LogP contribution in [0.2, 0.25) is 0 Å². The number of nitrogens with two attached hydrogens (primary N) is 1. The van der Waals surface area contributed by atoms with Crippen LogP contribution in [0.3, 0.4) is 0 Å². The smallest absolute Gasteiger partial charge is 0.0383 e. The molecule has 2 aliphatic rings. The van der Waals surface area contributed by atoms with Crippen LogP contribution in [0.4, 0.5) is 0 Å². The van der Waals surface area contributed by atoms with E-state index in [0.717, 1.165) is 6.54 Å². The van der Waals surface area contributed by atoms with E-state index in [1.165, 1.54) is 45.4 Å². The molecule has 0 spiro atoms. The molecule has 1 heterocycles. The van der Waals surface area contributed by atoms with Crippen LogP contribution in [-0.2, 0) is 0 Å². The first-order valence-corrected chi connectivity index (χ1v) is 7.93. The third kappa shape index (κ3) is 2.57. The Bertz CT molecular complexity index is 310. The molecule has 0 amide bonds. The summed E-state index contributed by atoms with van der Waals surface area (Å²) in [6, 6.07) is 0. The lowest BCUT2D eigenvalue weighted by Crippen LogP contribution is -2.65. The van der Waals surface area contributed by atoms with Gasteiger partial charge in [-0.15, -0.1) is 0 Å². The fourth-order valence-corrected chi connectivity index (χ4v) is 4.29. The molecular weight excluding hydrogens is 234 g/mol. The zero-order valence-corrected chi connectivity index (χ0v) is 13.6. The predicted octanol–water partition coefficient (Wildman–Crippen LogP) is 2.31. The van der Waals surface area contributed by atoms with Crippen molar-refractivity contribution < 1.29 is 0 Å². The lowest BCUT2D eigenvalue weighted by Gasteiger charge is -2.53. The predicted molar refractivity (Wildman–Crippen MR) is 82.3 cm³/mol. The van der Waals surface area contributed by atoms with Crippen LogP contribution < -0.4 is 5.73 Å². The molecule has 1 saturated carbocycles. The van der Waals surface area contributed by atoms with Gasteiger partial charge < -0.3 is 5.73 Å². The number of nitrogens with zero attached hydrogens (tertiary/aromatic N) is 2. The van der Waals surface area contributed by atoms with E-state index in [0.29, 0.717) is 11.0 Å². The maximum Gasteiger partial charge on any atom is 0.0383 e. The minimum atomic E-state index is 0.247. The van der Waals surface area contributed by atoms with E-state index >= 15 is 0 Å². The summed E-state index contributed by atoms with van der Waals surface area (Å²) >= 11 is 0. The first kappa shape index (κ1) is 15.3. The Labute approximate surface area is 119 Å². The topological polar surface area (TPSA) is 32.5 Å². The largest absolute Gasteiger partial charge is 0.329 e. The molecule has 0 radical (unpaired) electrons. The van der Waals surface area contributed by atoms with Gasteiger partial charge in [-0.3, -0.25) is 9.80 Å². The van der Waals surface area contributed by atoms with Crippen molar-refractivity contribution in [1.82, 2.24) is 9.80 Å².